The average molecular weight is 217 g/mol. The van der Waals surface area contributed by atoms with Gasteiger partial charge in [0.1, 0.15) is 0 Å². The molecule has 0 saturated heterocycles. The Labute approximate surface area is 94.6 Å². The van der Waals surface area contributed by atoms with Gasteiger partial charge in [0.05, 0.1) is 0 Å². The van der Waals surface area contributed by atoms with Gasteiger partial charge in [0.25, 0.3) is 0 Å². The number of benzene rings is 1. The summed E-state index contributed by atoms with van der Waals surface area (Å²) >= 11 is 1.82. The van der Waals surface area contributed by atoms with Crippen LogP contribution in [0.2, 0.25) is 0 Å². The van der Waals surface area contributed by atoms with E-state index in [1.807, 2.05) is 11.3 Å². The summed E-state index contributed by atoms with van der Waals surface area (Å²) in [5.41, 5.74) is 9.55. The summed E-state index contributed by atoms with van der Waals surface area (Å²) in [6.07, 6.45) is 0. The van der Waals surface area contributed by atoms with Gasteiger partial charge in [0, 0.05) is 16.3 Å². The lowest BCUT2D eigenvalue weighted by Gasteiger charge is -2.06. The largest absolute Gasteiger partial charge is 0.326 e. The predicted molar refractivity (Wildman–Crippen MR) is 67.1 cm³/mol. The first kappa shape index (κ1) is 10.4. The van der Waals surface area contributed by atoms with Gasteiger partial charge in [-0.25, -0.2) is 0 Å². The zero-order valence-electron chi connectivity index (χ0n) is 9.08. The second-order valence-electron chi connectivity index (χ2n) is 3.78. The Bertz CT molecular complexity index is 471. The highest BCUT2D eigenvalue weighted by Crippen LogP contribution is 2.30. The molecule has 2 rings (SSSR count). The fourth-order valence-electron chi connectivity index (χ4n) is 1.68. The smallest absolute Gasteiger partial charge is 0.0348 e. The molecule has 2 heteroatoms. The minimum absolute atomic E-state index is 0.604. The van der Waals surface area contributed by atoms with Crippen LogP contribution in [0, 0.1) is 13.8 Å². The van der Waals surface area contributed by atoms with E-state index < -0.39 is 0 Å². The quantitative estimate of drug-likeness (QED) is 0.818. The molecule has 0 spiro atoms. The van der Waals surface area contributed by atoms with E-state index in [2.05, 4.69) is 44.2 Å². The van der Waals surface area contributed by atoms with Crippen LogP contribution in [0.3, 0.4) is 0 Å². The third kappa shape index (κ3) is 2.11. The second kappa shape index (κ2) is 4.17. The molecule has 1 heterocycles. The number of hydrogen-bond acceptors (Lipinski definition) is 2. The van der Waals surface area contributed by atoms with E-state index in [4.69, 9.17) is 5.73 Å². The van der Waals surface area contributed by atoms with Gasteiger partial charge < -0.3 is 5.73 Å². The first-order valence-electron chi connectivity index (χ1n) is 5.07. The minimum Gasteiger partial charge on any atom is -0.326 e. The summed E-state index contributed by atoms with van der Waals surface area (Å²) in [5.74, 6) is 0. The summed E-state index contributed by atoms with van der Waals surface area (Å²) in [6.45, 7) is 4.85. The van der Waals surface area contributed by atoms with Crippen LogP contribution in [-0.4, -0.2) is 0 Å². The van der Waals surface area contributed by atoms with Crippen LogP contribution in [0.4, 0.5) is 0 Å². The molecular weight excluding hydrogens is 202 g/mol. The summed E-state index contributed by atoms with van der Waals surface area (Å²) in [4.78, 5) is 2.66. The van der Waals surface area contributed by atoms with Gasteiger partial charge in [0.2, 0.25) is 0 Å². The van der Waals surface area contributed by atoms with Crippen LogP contribution in [-0.2, 0) is 6.54 Å². The molecule has 0 radical (unpaired) electrons. The Morgan fingerprint density at radius 3 is 2.53 bits per heavy atom. The van der Waals surface area contributed by atoms with Crippen molar-refractivity contribution in [1.82, 2.24) is 0 Å². The Balaban J connectivity index is 2.55. The molecular formula is C13H15NS. The molecule has 0 aliphatic heterocycles. The standard InChI is InChI=1S/C13H15NS/c1-9-3-5-11(8-14)12(7-9)13-6-4-10(2)15-13/h3-7H,8,14H2,1-2H3. The zero-order valence-corrected chi connectivity index (χ0v) is 9.90. The molecule has 78 valence electrons. The maximum atomic E-state index is 5.75. The molecule has 2 N–H and O–H groups in total. The number of nitrogens with two attached hydrogens (primary N) is 1. The summed E-state index contributed by atoms with van der Waals surface area (Å²) in [7, 11) is 0. The topological polar surface area (TPSA) is 26.0 Å². The third-order valence-corrected chi connectivity index (χ3v) is 3.53. The van der Waals surface area contributed by atoms with E-state index in [0.717, 1.165) is 0 Å². The fraction of sp³-hybridized carbons (Fsp3) is 0.231. The lowest BCUT2D eigenvalue weighted by molar-refractivity contribution is 1.07. The normalized spacial score (nSPS) is 10.6. The number of thiophene rings is 1. The van der Waals surface area contributed by atoms with Crippen molar-refractivity contribution in [2.24, 2.45) is 5.73 Å². The van der Waals surface area contributed by atoms with Crippen LogP contribution in [0.1, 0.15) is 16.0 Å². The monoisotopic (exact) mass is 217 g/mol. The van der Waals surface area contributed by atoms with Crippen LogP contribution in [0.15, 0.2) is 30.3 Å². The summed E-state index contributed by atoms with van der Waals surface area (Å²) < 4.78 is 0. The van der Waals surface area contributed by atoms with Crippen LogP contribution >= 0.6 is 11.3 Å². The molecule has 1 aromatic heterocycles. The summed E-state index contributed by atoms with van der Waals surface area (Å²) in [6, 6.07) is 10.8. The van der Waals surface area contributed by atoms with Crippen LogP contribution in [0.25, 0.3) is 10.4 Å². The highest BCUT2D eigenvalue weighted by Gasteiger charge is 2.06. The SMILES string of the molecule is Cc1ccc(CN)c(-c2ccc(C)s2)c1. The van der Waals surface area contributed by atoms with Gasteiger partial charge in [0.15, 0.2) is 0 Å². The van der Waals surface area contributed by atoms with Crippen molar-refractivity contribution in [3.8, 4) is 10.4 Å². The first-order valence-corrected chi connectivity index (χ1v) is 5.89. The van der Waals surface area contributed by atoms with Crippen molar-refractivity contribution in [1.29, 1.82) is 0 Å². The highest BCUT2D eigenvalue weighted by molar-refractivity contribution is 7.15. The highest BCUT2D eigenvalue weighted by atomic mass is 32.1. The molecule has 0 amide bonds. The molecule has 0 aliphatic carbocycles. The second-order valence-corrected chi connectivity index (χ2v) is 5.06. The Kier molecular flexibility index (Phi) is 2.89. The molecule has 1 aromatic carbocycles. The van der Waals surface area contributed by atoms with Crippen molar-refractivity contribution < 1.29 is 0 Å². The van der Waals surface area contributed by atoms with Gasteiger partial charge in [-0.15, -0.1) is 11.3 Å². The molecule has 0 unspecified atom stereocenters. The first-order chi connectivity index (χ1) is 7.20. The molecule has 0 atom stereocenters. The van der Waals surface area contributed by atoms with Crippen LogP contribution < -0.4 is 5.73 Å². The zero-order chi connectivity index (χ0) is 10.8. The van der Waals surface area contributed by atoms with E-state index in [1.54, 1.807) is 0 Å². The van der Waals surface area contributed by atoms with Crippen molar-refractivity contribution >= 4 is 11.3 Å². The van der Waals surface area contributed by atoms with Crippen molar-refractivity contribution in [3.63, 3.8) is 0 Å². The molecule has 1 nitrogen and oxygen atoms in total. The van der Waals surface area contributed by atoms with E-state index in [1.165, 1.54) is 26.4 Å². The lowest BCUT2D eigenvalue weighted by Crippen LogP contribution is -1.98. The number of aryl methyl sites for hydroxylation is 2. The Hall–Kier alpha value is -1.12. The summed E-state index contributed by atoms with van der Waals surface area (Å²) in [5, 5.41) is 0. The van der Waals surface area contributed by atoms with Crippen molar-refractivity contribution in [2.75, 3.05) is 0 Å². The lowest BCUT2D eigenvalue weighted by atomic mass is 10.0. The molecule has 15 heavy (non-hydrogen) atoms. The average Bonchev–Trinajstić information content (AvgIpc) is 2.65. The van der Waals surface area contributed by atoms with Crippen LogP contribution in [0.5, 0.6) is 0 Å². The van der Waals surface area contributed by atoms with Crippen molar-refractivity contribution in [3.05, 3.63) is 46.3 Å². The van der Waals surface area contributed by atoms with E-state index in [0.29, 0.717) is 6.54 Å². The van der Waals surface area contributed by atoms with Gasteiger partial charge in [-0.3, -0.25) is 0 Å². The predicted octanol–water partition coefficient (Wildman–Crippen LogP) is 3.49. The van der Waals surface area contributed by atoms with E-state index >= 15 is 0 Å². The van der Waals surface area contributed by atoms with Gasteiger partial charge in [-0.05, 0) is 37.1 Å². The fourth-order valence-corrected chi connectivity index (χ4v) is 2.60. The van der Waals surface area contributed by atoms with Gasteiger partial charge in [-0.2, -0.15) is 0 Å². The number of rotatable bonds is 2. The minimum atomic E-state index is 0.604. The van der Waals surface area contributed by atoms with Gasteiger partial charge >= 0.3 is 0 Å². The van der Waals surface area contributed by atoms with E-state index in [-0.39, 0.29) is 0 Å². The Morgan fingerprint density at radius 1 is 1.13 bits per heavy atom. The third-order valence-electron chi connectivity index (χ3n) is 2.49. The molecule has 0 saturated carbocycles. The van der Waals surface area contributed by atoms with Crippen molar-refractivity contribution in [2.45, 2.75) is 20.4 Å². The molecule has 0 aliphatic rings. The maximum absolute atomic E-state index is 5.75. The molecule has 0 bridgehead atoms. The maximum Gasteiger partial charge on any atom is 0.0348 e. The molecule has 0 fully saturated rings. The van der Waals surface area contributed by atoms with Gasteiger partial charge in [-0.1, -0.05) is 23.8 Å². The molecule has 2 aromatic rings. The Morgan fingerprint density at radius 2 is 1.93 bits per heavy atom. The number of hydrogen-bond donors (Lipinski definition) is 1. The van der Waals surface area contributed by atoms with E-state index in [9.17, 15) is 0 Å².